The number of rotatable bonds is 12. The molecule has 0 saturated heterocycles. The Morgan fingerprint density at radius 1 is 0.647 bits per heavy atom. The van der Waals surface area contributed by atoms with Crippen molar-refractivity contribution in [2.75, 3.05) is 19.0 Å². The van der Waals surface area contributed by atoms with E-state index >= 15 is 0 Å². The first-order valence-electron chi connectivity index (χ1n) is 7.68. The topological polar surface area (TPSA) is 17.1 Å². The van der Waals surface area contributed by atoms with Gasteiger partial charge in [0.1, 0.15) is 0 Å². The Kier molecular flexibility index (Phi) is 11.5. The summed E-state index contributed by atoms with van der Waals surface area (Å²) in [7, 11) is -1.78. The molecule has 0 aromatic rings. The number of unbranched alkanes of at least 4 members (excludes halogenated alkanes) is 8. The van der Waals surface area contributed by atoms with Gasteiger partial charge < -0.3 is 4.57 Å². The summed E-state index contributed by atoms with van der Waals surface area (Å²) >= 11 is 0. The van der Waals surface area contributed by atoms with Crippen molar-refractivity contribution in [3.8, 4) is 0 Å². The second-order valence-electron chi connectivity index (χ2n) is 5.57. The van der Waals surface area contributed by atoms with Gasteiger partial charge in [0.25, 0.3) is 0 Å². The molecule has 17 heavy (non-hydrogen) atoms. The zero-order valence-electron chi connectivity index (χ0n) is 12.3. The summed E-state index contributed by atoms with van der Waals surface area (Å²) in [4.78, 5) is 0. The van der Waals surface area contributed by atoms with Gasteiger partial charge in [0.2, 0.25) is 0 Å². The second kappa shape index (κ2) is 11.3. The molecule has 0 aromatic carbocycles. The second-order valence-corrected chi connectivity index (χ2v) is 9.06. The van der Waals surface area contributed by atoms with Gasteiger partial charge in [0.05, 0.1) is 7.14 Å². The highest BCUT2D eigenvalue weighted by Crippen LogP contribution is 2.43. The summed E-state index contributed by atoms with van der Waals surface area (Å²) in [5.74, 6) is 0. The minimum Gasteiger partial charge on any atom is -0.324 e. The fourth-order valence-corrected chi connectivity index (χ4v) is 4.29. The van der Waals surface area contributed by atoms with E-state index in [9.17, 15) is 4.57 Å². The highest BCUT2D eigenvalue weighted by atomic mass is 31.2. The van der Waals surface area contributed by atoms with Gasteiger partial charge in [0, 0.05) is 12.3 Å². The van der Waals surface area contributed by atoms with Crippen molar-refractivity contribution < 1.29 is 4.57 Å². The van der Waals surface area contributed by atoms with Crippen LogP contribution in [-0.2, 0) is 4.57 Å². The maximum Gasteiger partial charge on any atom is 0.0848 e. The molecule has 0 saturated carbocycles. The molecule has 0 fully saturated rings. The van der Waals surface area contributed by atoms with Crippen molar-refractivity contribution in [1.82, 2.24) is 0 Å². The lowest BCUT2D eigenvalue weighted by Gasteiger charge is -2.12. The van der Waals surface area contributed by atoms with E-state index in [1.807, 2.05) is 6.66 Å². The van der Waals surface area contributed by atoms with Crippen LogP contribution < -0.4 is 0 Å². The molecule has 0 aromatic heterocycles. The van der Waals surface area contributed by atoms with E-state index in [0.29, 0.717) is 0 Å². The predicted octanol–water partition coefficient (Wildman–Crippen LogP) is 5.92. The molecule has 0 N–H and O–H groups in total. The monoisotopic (exact) mass is 260 g/mol. The molecule has 0 bridgehead atoms. The number of hydrogen-bond acceptors (Lipinski definition) is 1. The molecule has 0 spiro atoms. The summed E-state index contributed by atoms with van der Waals surface area (Å²) in [6.45, 7) is 6.44. The fourth-order valence-electron chi connectivity index (χ4n) is 2.18. The van der Waals surface area contributed by atoms with Crippen LogP contribution in [0.3, 0.4) is 0 Å². The Hall–Kier alpha value is 0.230. The largest absolute Gasteiger partial charge is 0.324 e. The van der Waals surface area contributed by atoms with Crippen LogP contribution in [0, 0.1) is 0 Å². The maximum atomic E-state index is 12.1. The minimum atomic E-state index is -1.78. The van der Waals surface area contributed by atoms with Crippen molar-refractivity contribution in [3.63, 3.8) is 0 Å². The molecule has 2 heteroatoms. The zero-order chi connectivity index (χ0) is 13.0. The van der Waals surface area contributed by atoms with Gasteiger partial charge in [0.15, 0.2) is 0 Å². The van der Waals surface area contributed by atoms with Gasteiger partial charge in [-0.05, 0) is 19.5 Å². The molecular weight excluding hydrogens is 227 g/mol. The van der Waals surface area contributed by atoms with Crippen molar-refractivity contribution in [2.45, 2.75) is 78.1 Å². The Morgan fingerprint density at radius 2 is 1.06 bits per heavy atom. The highest BCUT2D eigenvalue weighted by molar-refractivity contribution is 7.63. The van der Waals surface area contributed by atoms with Crippen LogP contribution in [0.2, 0.25) is 0 Å². The van der Waals surface area contributed by atoms with Crippen LogP contribution in [0.1, 0.15) is 78.1 Å². The number of hydrogen-bond donors (Lipinski definition) is 0. The van der Waals surface area contributed by atoms with Crippen molar-refractivity contribution in [1.29, 1.82) is 0 Å². The smallest absolute Gasteiger partial charge is 0.0848 e. The van der Waals surface area contributed by atoms with Crippen LogP contribution in [0.5, 0.6) is 0 Å². The Balaban J connectivity index is 3.29. The van der Waals surface area contributed by atoms with Gasteiger partial charge in [-0.3, -0.25) is 0 Å². The summed E-state index contributed by atoms with van der Waals surface area (Å²) in [6.07, 6.45) is 15.0. The Morgan fingerprint density at radius 3 is 1.59 bits per heavy atom. The molecule has 1 unspecified atom stereocenters. The van der Waals surface area contributed by atoms with Crippen molar-refractivity contribution in [2.24, 2.45) is 0 Å². The summed E-state index contributed by atoms with van der Waals surface area (Å²) in [5.41, 5.74) is 0. The van der Waals surface area contributed by atoms with E-state index in [4.69, 9.17) is 0 Å². The summed E-state index contributed by atoms with van der Waals surface area (Å²) < 4.78 is 12.1. The molecule has 0 aliphatic rings. The molecule has 0 radical (unpaired) electrons. The molecule has 0 heterocycles. The summed E-state index contributed by atoms with van der Waals surface area (Å²) in [6, 6.07) is 0. The normalized spacial score (nSPS) is 14.8. The minimum absolute atomic E-state index is 0.972. The first-order chi connectivity index (χ1) is 8.12. The van der Waals surface area contributed by atoms with Crippen LogP contribution in [0.4, 0.5) is 0 Å². The van der Waals surface area contributed by atoms with Crippen molar-refractivity contribution in [3.05, 3.63) is 0 Å². The predicted molar refractivity (Wildman–Crippen MR) is 80.8 cm³/mol. The van der Waals surface area contributed by atoms with Gasteiger partial charge in [-0.1, -0.05) is 65.2 Å². The van der Waals surface area contributed by atoms with E-state index in [1.54, 1.807) is 0 Å². The average Bonchev–Trinajstić information content (AvgIpc) is 2.30. The van der Waals surface area contributed by atoms with Gasteiger partial charge in [-0.25, -0.2) is 0 Å². The quantitative estimate of drug-likeness (QED) is 0.314. The first-order valence-corrected chi connectivity index (χ1v) is 10.2. The molecule has 0 aliphatic heterocycles. The lowest BCUT2D eigenvalue weighted by molar-refractivity contribution is 0.564. The van der Waals surface area contributed by atoms with E-state index < -0.39 is 7.14 Å². The molecule has 104 valence electrons. The van der Waals surface area contributed by atoms with Gasteiger partial charge in [-0.2, -0.15) is 0 Å². The Labute approximate surface area is 109 Å². The zero-order valence-corrected chi connectivity index (χ0v) is 13.2. The third-order valence-electron chi connectivity index (χ3n) is 3.47. The molecule has 1 nitrogen and oxygen atoms in total. The van der Waals surface area contributed by atoms with Crippen LogP contribution in [0.25, 0.3) is 0 Å². The van der Waals surface area contributed by atoms with E-state index in [1.165, 1.54) is 57.8 Å². The molecule has 0 rings (SSSR count). The van der Waals surface area contributed by atoms with Gasteiger partial charge in [-0.15, -0.1) is 0 Å². The molecule has 0 amide bonds. The maximum absolute atomic E-state index is 12.1. The van der Waals surface area contributed by atoms with E-state index in [2.05, 4.69) is 13.8 Å². The SMILES string of the molecule is CCCCCCCCCCP(C)(=O)CCCC. The highest BCUT2D eigenvalue weighted by Gasteiger charge is 2.13. The molecule has 1 atom stereocenters. The third-order valence-corrected chi connectivity index (χ3v) is 5.99. The summed E-state index contributed by atoms with van der Waals surface area (Å²) in [5, 5.41) is 0. The van der Waals surface area contributed by atoms with Crippen LogP contribution in [0.15, 0.2) is 0 Å². The van der Waals surface area contributed by atoms with E-state index in [-0.39, 0.29) is 0 Å². The first kappa shape index (κ1) is 17.2. The standard InChI is InChI=1S/C15H33OP/c1-4-6-8-9-10-11-12-13-15-17(3,16)14-7-5-2/h4-15H2,1-3H3. The van der Waals surface area contributed by atoms with Crippen LogP contribution >= 0.6 is 7.14 Å². The lowest BCUT2D eigenvalue weighted by atomic mass is 10.1. The Bertz CT molecular complexity index is 201. The average molecular weight is 260 g/mol. The third kappa shape index (κ3) is 12.5. The lowest BCUT2D eigenvalue weighted by Crippen LogP contribution is -1.94. The molecule has 0 aliphatic carbocycles. The fraction of sp³-hybridized carbons (Fsp3) is 1.00. The van der Waals surface area contributed by atoms with E-state index in [0.717, 1.165) is 18.7 Å². The molecular formula is C15H33OP. The van der Waals surface area contributed by atoms with Crippen molar-refractivity contribution >= 4 is 7.14 Å². The van der Waals surface area contributed by atoms with Crippen LogP contribution in [-0.4, -0.2) is 19.0 Å². The van der Waals surface area contributed by atoms with Gasteiger partial charge >= 0.3 is 0 Å².